The van der Waals surface area contributed by atoms with Crippen LogP contribution in [0.15, 0.2) is 42.5 Å². The van der Waals surface area contributed by atoms with Crippen LogP contribution in [0.2, 0.25) is 0 Å². The number of hydrogen-bond donors (Lipinski definition) is 0. The van der Waals surface area contributed by atoms with Gasteiger partial charge in [0.05, 0.1) is 4.92 Å². The minimum atomic E-state index is -0.713. The molecule has 0 aromatic heterocycles. The number of hydrogen-bond acceptors (Lipinski definition) is 5. The number of carbonyl (C=O) groups excluding carboxylic acids is 1. The van der Waals surface area contributed by atoms with Crippen LogP contribution >= 0.6 is 0 Å². The summed E-state index contributed by atoms with van der Waals surface area (Å²) in [6, 6.07) is 11.7. The lowest BCUT2D eigenvalue weighted by atomic mass is 10.2. The van der Waals surface area contributed by atoms with Crippen molar-refractivity contribution in [3.8, 4) is 11.5 Å². The maximum Gasteiger partial charge on any atom is 0.414 e. The second-order valence-electron chi connectivity index (χ2n) is 6.87. The summed E-state index contributed by atoms with van der Waals surface area (Å²) in [5, 5.41) is 11.3. The SMILES string of the molecule is Cc1cccc(Oc2ccc([N+](=O)[O-])c(N(C)C(=O)OC(C)(C)C)c2)c1. The summed E-state index contributed by atoms with van der Waals surface area (Å²) < 4.78 is 11.1. The van der Waals surface area contributed by atoms with Crippen LogP contribution in [0.5, 0.6) is 11.5 Å². The van der Waals surface area contributed by atoms with Gasteiger partial charge in [0.15, 0.2) is 0 Å². The number of benzene rings is 2. The molecule has 0 fully saturated rings. The second kappa shape index (κ2) is 7.43. The molecule has 0 saturated carbocycles. The summed E-state index contributed by atoms with van der Waals surface area (Å²) in [6.07, 6.45) is -0.687. The third kappa shape index (κ3) is 4.95. The van der Waals surface area contributed by atoms with Gasteiger partial charge in [-0.15, -0.1) is 0 Å². The van der Waals surface area contributed by atoms with Gasteiger partial charge in [-0.05, 0) is 51.5 Å². The molecule has 2 rings (SSSR count). The summed E-state index contributed by atoms with van der Waals surface area (Å²) in [5.41, 5.74) is 0.190. The molecule has 1 amide bonds. The molecule has 0 aliphatic rings. The first kappa shape index (κ1) is 19.2. The van der Waals surface area contributed by atoms with Gasteiger partial charge in [0.2, 0.25) is 0 Å². The molecule has 0 aliphatic heterocycles. The van der Waals surface area contributed by atoms with Crippen LogP contribution < -0.4 is 9.64 Å². The van der Waals surface area contributed by atoms with Crippen molar-refractivity contribution in [3.05, 3.63) is 58.1 Å². The van der Waals surface area contributed by atoms with E-state index in [2.05, 4.69) is 0 Å². The van der Waals surface area contributed by atoms with Crippen molar-refractivity contribution in [1.29, 1.82) is 0 Å². The van der Waals surface area contributed by atoms with Gasteiger partial charge in [0.25, 0.3) is 5.69 Å². The van der Waals surface area contributed by atoms with Gasteiger partial charge in [0.1, 0.15) is 22.8 Å². The molecule has 7 nitrogen and oxygen atoms in total. The molecule has 0 aliphatic carbocycles. The molecule has 0 saturated heterocycles. The average molecular weight is 358 g/mol. The highest BCUT2D eigenvalue weighted by molar-refractivity contribution is 5.90. The Morgan fingerprint density at radius 1 is 1.12 bits per heavy atom. The van der Waals surface area contributed by atoms with E-state index in [1.807, 2.05) is 25.1 Å². The van der Waals surface area contributed by atoms with E-state index in [0.717, 1.165) is 10.5 Å². The third-order valence-corrected chi connectivity index (χ3v) is 3.40. The van der Waals surface area contributed by atoms with Crippen LogP contribution in [0.1, 0.15) is 26.3 Å². The molecule has 0 unspecified atom stereocenters. The van der Waals surface area contributed by atoms with E-state index in [1.54, 1.807) is 26.8 Å². The van der Waals surface area contributed by atoms with Crippen molar-refractivity contribution in [2.75, 3.05) is 11.9 Å². The Hall–Kier alpha value is -3.09. The molecule has 138 valence electrons. The van der Waals surface area contributed by atoms with Crippen molar-refractivity contribution in [3.63, 3.8) is 0 Å². The first-order valence-corrected chi connectivity index (χ1v) is 8.06. The monoisotopic (exact) mass is 358 g/mol. The number of aryl methyl sites for hydroxylation is 1. The van der Waals surface area contributed by atoms with Gasteiger partial charge in [0, 0.05) is 19.2 Å². The Morgan fingerprint density at radius 2 is 1.77 bits per heavy atom. The lowest BCUT2D eigenvalue weighted by Gasteiger charge is -2.24. The Bertz CT molecular complexity index is 827. The van der Waals surface area contributed by atoms with Crippen LogP contribution in [0.4, 0.5) is 16.2 Å². The molecule has 7 heteroatoms. The van der Waals surface area contributed by atoms with Crippen molar-refractivity contribution in [2.45, 2.75) is 33.3 Å². The summed E-state index contributed by atoms with van der Waals surface area (Å²) in [6.45, 7) is 7.11. The van der Waals surface area contributed by atoms with Crippen LogP contribution in [0.3, 0.4) is 0 Å². The van der Waals surface area contributed by atoms with Gasteiger partial charge in [-0.1, -0.05) is 12.1 Å². The number of nitro benzene ring substituents is 1. The van der Waals surface area contributed by atoms with Crippen molar-refractivity contribution >= 4 is 17.5 Å². The maximum absolute atomic E-state index is 12.3. The van der Waals surface area contributed by atoms with Gasteiger partial charge >= 0.3 is 6.09 Å². The summed E-state index contributed by atoms with van der Waals surface area (Å²) in [4.78, 5) is 24.2. The fourth-order valence-corrected chi connectivity index (χ4v) is 2.23. The first-order chi connectivity index (χ1) is 12.1. The van der Waals surface area contributed by atoms with E-state index in [9.17, 15) is 14.9 Å². The van der Waals surface area contributed by atoms with E-state index in [1.165, 1.54) is 25.2 Å². The van der Waals surface area contributed by atoms with E-state index in [0.29, 0.717) is 11.5 Å². The third-order valence-electron chi connectivity index (χ3n) is 3.40. The minimum absolute atomic E-state index is 0.0920. The Labute approximate surface area is 152 Å². The van der Waals surface area contributed by atoms with Gasteiger partial charge in [-0.3, -0.25) is 15.0 Å². The number of anilines is 1. The molecule has 2 aromatic rings. The number of nitrogens with zero attached hydrogens (tertiary/aromatic N) is 2. The Morgan fingerprint density at radius 3 is 2.35 bits per heavy atom. The molecule has 0 spiro atoms. The molecular weight excluding hydrogens is 336 g/mol. The largest absolute Gasteiger partial charge is 0.457 e. The normalized spacial score (nSPS) is 11.0. The number of ether oxygens (including phenoxy) is 2. The van der Waals surface area contributed by atoms with Crippen LogP contribution in [-0.2, 0) is 4.74 Å². The zero-order chi connectivity index (χ0) is 19.5. The predicted molar refractivity (Wildman–Crippen MR) is 99.0 cm³/mol. The quantitative estimate of drug-likeness (QED) is 0.563. The Balaban J connectivity index is 2.36. The lowest BCUT2D eigenvalue weighted by Crippen LogP contribution is -2.34. The highest BCUT2D eigenvalue weighted by Gasteiger charge is 2.26. The van der Waals surface area contributed by atoms with Crippen LogP contribution in [0.25, 0.3) is 0 Å². The predicted octanol–water partition coefficient (Wildman–Crippen LogP) is 5.07. The summed E-state index contributed by atoms with van der Waals surface area (Å²) >= 11 is 0. The molecule has 0 N–H and O–H groups in total. The number of nitro groups is 1. The molecule has 0 heterocycles. The lowest BCUT2D eigenvalue weighted by molar-refractivity contribution is -0.384. The van der Waals surface area contributed by atoms with E-state index < -0.39 is 16.6 Å². The van der Waals surface area contributed by atoms with E-state index in [-0.39, 0.29) is 11.4 Å². The minimum Gasteiger partial charge on any atom is -0.457 e. The van der Waals surface area contributed by atoms with Crippen LogP contribution in [-0.4, -0.2) is 23.7 Å². The van der Waals surface area contributed by atoms with Gasteiger partial charge in [-0.2, -0.15) is 0 Å². The molecule has 0 radical (unpaired) electrons. The number of carbonyl (C=O) groups is 1. The topological polar surface area (TPSA) is 81.9 Å². The highest BCUT2D eigenvalue weighted by Crippen LogP contribution is 2.34. The smallest absolute Gasteiger partial charge is 0.414 e. The van der Waals surface area contributed by atoms with Crippen LogP contribution in [0, 0.1) is 17.0 Å². The molecule has 2 aromatic carbocycles. The van der Waals surface area contributed by atoms with E-state index >= 15 is 0 Å². The number of amides is 1. The average Bonchev–Trinajstić information content (AvgIpc) is 2.52. The van der Waals surface area contributed by atoms with Crippen molar-refractivity contribution in [1.82, 2.24) is 0 Å². The first-order valence-electron chi connectivity index (χ1n) is 8.06. The maximum atomic E-state index is 12.3. The zero-order valence-electron chi connectivity index (χ0n) is 15.5. The van der Waals surface area contributed by atoms with Crippen molar-refractivity contribution < 1.29 is 19.2 Å². The highest BCUT2D eigenvalue weighted by atomic mass is 16.6. The van der Waals surface area contributed by atoms with E-state index in [4.69, 9.17) is 9.47 Å². The molecular formula is C19H22N2O5. The second-order valence-corrected chi connectivity index (χ2v) is 6.87. The molecule has 26 heavy (non-hydrogen) atoms. The van der Waals surface area contributed by atoms with Gasteiger partial charge < -0.3 is 9.47 Å². The molecule has 0 atom stereocenters. The fourth-order valence-electron chi connectivity index (χ4n) is 2.23. The number of rotatable bonds is 4. The van der Waals surface area contributed by atoms with Crippen molar-refractivity contribution in [2.24, 2.45) is 0 Å². The summed E-state index contributed by atoms with van der Waals surface area (Å²) in [7, 11) is 1.42. The Kier molecular flexibility index (Phi) is 5.50. The summed E-state index contributed by atoms with van der Waals surface area (Å²) in [5.74, 6) is 0.983. The standard InChI is InChI=1S/C19H22N2O5/c1-13-7-6-8-14(11-13)25-15-9-10-16(21(23)24)17(12-15)20(5)18(22)26-19(2,3)4/h6-12H,1-5H3. The molecule has 0 bridgehead atoms. The van der Waals surface area contributed by atoms with Gasteiger partial charge in [-0.25, -0.2) is 4.79 Å². The fraction of sp³-hybridized carbons (Fsp3) is 0.316. The zero-order valence-corrected chi connectivity index (χ0v) is 15.5.